The van der Waals surface area contributed by atoms with Crippen LogP contribution in [0.25, 0.3) is 0 Å². The Labute approximate surface area is 128 Å². The summed E-state index contributed by atoms with van der Waals surface area (Å²) in [5, 5.41) is 11.4. The van der Waals surface area contributed by atoms with Crippen molar-refractivity contribution in [1.82, 2.24) is 4.90 Å². The first-order valence-corrected chi connectivity index (χ1v) is 7.51. The van der Waals surface area contributed by atoms with Gasteiger partial charge in [-0.15, -0.1) is 0 Å². The standard InChI is InChI=1S/C17H17NO4/c19-15-14-13(16(20)21)12-6-8-17(14,22-12)10-18(15)9-7-11-4-2-1-3-5-11/h1-6,8,12-14H,7,9-10H2,(H,20,21)/p-1/t12-,13-,14-,17-/m1/s1. The summed E-state index contributed by atoms with van der Waals surface area (Å²) in [4.78, 5) is 25.7. The third-order valence-corrected chi connectivity index (χ3v) is 4.96. The van der Waals surface area contributed by atoms with Crippen molar-refractivity contribution in [3.63, 3.8) is 0 Å². The number of hydrogen-bond donors (Lipinski definition) is 0. The molecule has 0 unspecified atom stereocenters. The molecule has 2 bridgehead atoms. The lowest BCUT2D eigenvalue weighted by Crippen LogP contribution is -2.45. The van der Waals surface area contributed by atoms with Crippen LogP contribution in [0, 0.1) is 11.8 Å². The number of benzene rings is 1. The Morgan fingerprint density at radius 1 is 1.36 bits per heavy atom. The molecule has 4 rings (SSSR count). The van der Waals surface area contributed by atoms with Gasteiger partial charge in [0.1, 0.15) is 5.60 Å². The molecule has 5 heteroatoms. The minimum absolute atomic E-state index is 0.128. The third kappa shape index (κ3) is 1.82. The number of likely N-dealkylation sites (tertiary alicyclic amines) is 1. The van der Waals surface area contributed by atoms with Crippen LogP contribution in [-0.4, -0.2) is 41.6 Å². The minimum Gasteiger partial charge on any atom is -0.550 e. The first-order valence-electron chi connectivity index (χ1n) is 7.51. The molecule has 2 saturated heterocycles. The summed E-state index contributed by atoms with van der Waals surface area (Å²) in [5.74, 6) is -2.82. The average molecular weight is 298 g/mol. The fraction of sp³-hybridized carbons (Fsp3) is 0.412. The molecule has 0 saturated carbocycles. The van der Waals surface area contributed by atoms with E-state index in [9.17, 15) is 14.7 Å². The summed E-state index contributed by atoms with van der Waals surface area (Å²) < 4.78 is 5.82. The van der Waals surface area contributed by atoms with Gasteiger partial charge in [-0.3, -0.25) is 4.79 Å². The Kier molecular flexibility index (Phi) is 2.87. The van der Waals surface area contributed by atoms with Crippen LogP contribution in [0.15, 0.2) is 42.5 Å². The molecule has 1 amide bonds. The second kappa shape index (κ2) is 4.68. The zero-order valence-electron chi connectivity index (χ0n) is 12.0. The fourth-order valence-corrected chi connectivity index (χ4v) is 3.95. The predicted octanol–water partition coefficient (Wildman–Crippen LogP) is -0.239. The van der Waals surface area contributed by atoms with Gasteiger partial charge in [0, 0.05) is 18.4 Å². The first kappa shape index (κ1) is 13.5. The van der Waals surface area contributed by atoms with E-state index in [1.807, 2.05) is 36.4 Å². The van der Waals surface area contributed by atoms with Gasteiger partial charge in [-0.25, -0.2) is 0 Å². The highest BCUT2D eigenvalue weighted by Crippen LogP contribution is 2.51. The van der Waals surface area contributed by atoms with Crippen molar-refractivity contribution in [1.29, 1.82) is 0 Å². The lowest BCUT2D eigenvalue weighted by Gasteiger charge is -2.24. The number of aliphatic carboxylic acids is 1. The molecule has 3 aliphatic rings. The number of hydrogen-bond acceptors (Lipinski definition) is 4. The van der Waals surface area contributed by atoms with Crippen LogP contribution < -0.4 is 5.11 Å². The molecule has 0 N–H and O–H groups in total. The molecule has 3 aliphatic heterocycles. The number of fused-ring (bicyclic) bond motifs is 1. The molecule has 2 fully saturated rings. The van der Waals surface area contributed by atoms with E-state index in [-0.39, 0.29) is 5.91 Å². The van der Waals surface area contributed by atoms with Crippen LogP contribution in [0.1, 0.15) is 5.56 Å². The maximum atomic E-state index is 12.6. The molecule has 0 aliphatic carbocycles. The molecule has 3 heterocycles. The third-order valence-electron chi connectivity index (χ3n) is 4.96. The van der Waals surface area contributed by atoms with Crippen molar-refractivity contribution in [3.05, 3.63) is 48.0 Å². The fourth-order valence-electron chi connectivity index (χ4n) is 3.95. The van der Waals surface area contributed by atoms with Crippen molar-refractivity contribution >= 4 is 11.9 Å². The molecule has 1 aromatic rings. The van der Waals surface area contributed by atoms with E-state index >= 15 is 0 Å². The van der Waals surface area contributed by atoms with Crippen molar-refractivity contribution in [2.24, 2.45) is 11.8 Å². The summed E-state index contributed by atoms with van der Waals surface area (Å²) in [6, 6.07) is 9.93. The largest absolute Gasteiger partial charge is 0.550 e. The van der Waals surface area contributed by atoms with Crippen LogP contribution in [-0.2, 0) is 20.7 Å². The van der Waals surface area contributed by atoms with E-state index < -0.39 is 29.5 Å². The zero-order valence-corrected chi connectivity index (χ0v) is 12.0. The lowest BCUT2D eigenvalue weighted by molar-refractivity contribution is -0.313. The smallest absolute Gasteiger partial charge is 0.229 e. The molecule has 22 heavy (non-hydrogen) atoms. The van der Waals surface area contributed by atoms with Gasteiger partial charge in [-0.1, -0.05) is 42.5 Å². The average Bonchev–Trinajstić information content (AvgIpc) is 3.14. The van der Waals surface area contributed by atoms with Gasteiger partial charge in [0.25, 0.3) is 0 Å². The van der Waals surface area contributed by atoms with Crippen molar-refractivity contribution in [3.8, 4) is 0 Å². The predicted molar refractivity (Wildman–Crippen MR) is 75.5 cm³/mol. The topological polar surface area (TPSA) is 69.7 Å². The van der Waals surface area contributed by atoms with E-state index in [4.69, 9.17) is 4.74 Å². The van der Waals surface area contributed by atoms with Gasteiger partial charge in [0.2, 0.25) is 5.91 Å². The number of amides is 1. The Bertz CT molecular complexity index is 656. The van der Waals surface area contributed by atoms with Crippen LogP contribution in [0.2, 0.25) is 0 Å². The number of carboxylic acid groups (broad SMARTS) is 1. The number of carbonyl (C=O) groups is 2. The minimum atomic E-state index is -1.19. The van der Waals surface area contributed by atoms with Crippen LogP contribution in [0.5, 0.6) is 0 Å². The zero-order chi connectivity index (χ0) is 15.3. The summed E-state index contributed by atoms with van der Waals surface area (Å²) in [5.41, 5.74) is 0.394. The summed E-state index contributed by atoms with van der Waals surface area (Å²) in [7, 11) is 0. The molecule has 0 radical (unpaired) electrons. The maximum absolute atomic E-state index is 12.6. The van der Waals surface area contributed by atoms with Crippen molar-refractivity contribution in [2.45, 2.75) is 18.1 Å². The van der Waals surface area contributed by atoms with E-state index in [1.54, 1.807) is 11.0 Å². The SMILES string of the molecule is O=C([O-])[C@@H]1[C@H]2C=C[C@]3(CN(CCc4ccccc4)C(=O)[C@@H]13)O2. The normalized spacial score (nSPS) is 35.2. The lowest BCUT2D eigenvalue weighted by atomic mass is 9.77. The first-order chi connectivity index (χ1) is 10.6. The van der Waals surface area contributed by atoms with Crippen LogP contribution in [0.4, 0.5) is 0 Å². The van der Waals surface area contributed by atoms with Gasteiger partial charge < -0.3 is 19.5 Å². The van der Waals surface area contributed by atoms with Gasteiger partial charge in [-0.05, 0) is 12.0 Å². The molecule has 1 aromatic carbocycles. The van der Waals surface area contributed by atoms with Crippen LogP contribution >= 0.6 is 0 Å². The van der Waals surface area contributed by atoms with Gasteiger partial charge in [0.15, 0.2) is 0 Å². The Balaban J connectivity index is 1.53. The summed E-state index contributed by atoms with van der Waals surface area (Å²) >= 11 is 0. The van der Waals surface area contributed by atoms with Gasteiger partial charge in [-0.2, -0.15) is 0 Å². The van der Waals surface area contributed by atoms with Crippen LogP contribution in [0.3, 0.4) is 0 Å². The second-order valence-electron chi connectivity index (χ2n) is 6.21. The van der Waals surface area contributed by atoms with Gasteiger partial charge >= 0.3 is 0 Å². The molecular formula is C17H16NO4-. The van der Waals surface area contributed by atoms with E-state index in [1.165, 1.54) is 0 Å². The molecule has 1 spiro atoms. The summed E-state index contributed by atoms with van der Waals surface area (Å²) in [6.45, 7) is 1.00. The molecule has 4 atom stereocenters. The monoisotopic (exact) mass is 298 g/mol. The van der Waals surface area contributed by atoms with E-state index in [0.717, 1.165) is 12.0 Å². The molecule has 5 nitrogen and oxygen atoms in total. The number of carboxylic acids is 1. The second-order valence-corrected chi connectivity index (χ2v) is 6.21. The highest BCUT2D eigenvalue weighted by molar-refractivity contribution is 5.90. The number of rotatable bonds is 4. The van der Waals surface area contributed by atoms with E-state index in [0.29, 0.717) is 13.1 Å². The quantitative estimate of drug-likeness (QED) is 0.720. The highest BCUT2D eigenvalue weighted by Gasteiger charge is 2.65. The Morgan fingerprint density at radius 2 is 2.14 bits per heavy atom. The summed E-state index contributed by atoms with van der Waals surface area (Å²) in [6.07, 6.45) is 3.85. The molecular weight excluding hydrogens is 282 g/mol. The number of ether oxygens (including phenoxy) is 1. The Hall–Kier alpha value is -2.14. The van der Waals surface area contributed by atoms with Crippen molar-refractivity contribution in [2.75, 3.05) is 13.1 Å². The van der Waals surface area contributed by atoms with Crippen molar-refractivity contribution < 1.29 is 19.4 Å². The maximum Gasteiger partial charge on any atom is 0.229 e. The van der Waals surface area contributed by atoms with E-state index in [2.05, 4.69) is 0 Å². The molecule has 0 aromatic heterocycles. The Morgan fingerprint density at radius 3 is 2.86 bits per heavy atom. The number of nitrogens with zero attached hydrogens (tertiary/aromatic N) is 1. The molecule has 114 valence electrons. The van der Waals surface area contributed by atoms with Gasteiger partial charge in [0.05, 0.1) is 18.6 Å². The number of carbonyl (C=O) groups excluding carboxylic acids is 2. The highest BCUT2D eigenvalue weighted by atomic mass is 16.5.